The van der Waals surface area contributed by atoms with E-state index in [9.17, 15) is 4.39 Å². The lowest BCUT2D eigenvalue weighted by molar-refractivity contribution is 0.341. The topological polar surface area (TPSA) is 43.6 Å². The number of aromatic nitrogens is 4. The van der Waals surface area contributed by atoms with Gasteiger partial charge in [0.05, 0.1) is 11.7 Å². The first-order chi connectivity index (χ1) is 8.97. The predicted molar refractivity (Wildman–Crippen MR) is 73.6 cm³/mol. The lowest BCUT2D eigenvalue weighted by Crippen LogP contribution is -2.24. The van der Waals surface area contributed by atoms with E-state index < -0.39 is 0 Å². The van der Waals surface area contributed by atoms with Gasteiger partial charge in [0.2, 0.25) is 5.95 Å². The number of hydrogen-bond donors (Lipinski definition) is 0. The Morgan fingerprint density at radius 3 is 2.68 bits per heavy atom. The highest BCUT2D eigenvalue weighted by Crippen LogP contribution is 2.28. The molecule has 0 saturated heterocycles. The zero-order valence-corrected chi connectivity index (χ0v) is 11.7. The zero-order chi connectivity index (χ0) is 13.6. The normalized spacial score (nSPS) is 12.2. The first kappa shape index (κ1) is 12.2. The number of thiazole rings is 1. The standard InChI is InChI=1S/C13H13FN4S/c1-13(2,3)18-10(14)6-15-11(18)8-4-9-12(16-5-8)19-7-17-9/h4-7H,1-3H3. The van der Waals surface area contributed by atoms with Gasteiger partial charge in [-0.05, 0) is 26.8 Å². The largest absolute Gasteiger partial charge is 0.296 e. The molecule has 0 aromatic carbocycles. The Morgan fingerprint density at radius 1 is 1.16 bits per heavy atom. The highest BCUT2D eigenvalue weighted by molar-refractivity contribution is 7.16. The molecular weight excluding hydrogens is 263 g/mol. The van der Waals surface area contributed by atoms with Crippen LogP contribution in [-0.4, -0.2) is 19.5 Å². The Balaban J connectivity index is 2.21. The number of imidazole rings is 1. The molecule has 0 amide bonds. The van der Waals surface area contributed by atoms with Crippen LogP contribution >= 0.6 is 11.3 Å². The van der Waals surface area contributed by atoms with Crippen LogP contribution in [0.1, 0.15) is 20.8 Å². The molecule has 19 heavy (non-hydrogen) atoms. The summed E-state index contributed by atoms with van der Waals surface area (Å²) in [7, 11) is 0. The predicted octanol–water partition coefficient (Wildman–Crippen LogP) is 3.45. The molecule has 0 saturated carbocycles. The van der Waals surface area contributed by atoms with Crippen LogP contribution in [0.3, 0.4) is 0 Å². The summed E-state index contributed by atoms with van der Waals surface area (Å²) >= 11 is 1.48. The van der Waals surface area contributed by atoms with Crippen molar-refractivity contribution < 1.29 is 4.39 Å². The van der Waals surface area contributed by atoms with E-state index in [0.29, 0.717) is 5.82 Å². The van der Waals surface area contributed by atoms with Gasteiger partial charge >= 0.3 is 0 Å². The minimum absolute atomic E-state index is 0.346. The van der Waals surface area contributed by atoms with E-state index in [1.165, 1.54) is 17.5 Å². The molecule has 0 aliphatic carbocycles. The van der Waals surface area contributed by atoms with Crippen LogP contribution in [0, 0.1) is 5.95 Å². The zero-order valence-electron chi connectivity index (χ0n) is 10.9. The minimum atomic E-state index is -0.382. The van der Waals surface area contributed by atoms with Gasteiger partial charge in [0.25, 0.3) is 0 Å². The first-order valence-electron chi connectivity index (χ1n) is 5.90. The van der Waals surface area contributed by atoms with Gasteiger partial charge < -0.3 is 0 Å². The molecule has 0 unspecified atom stereocenters. The van der Waals surface area contributed by atoms with Gasteiger partial charge in [-0.2, -0.15) is 4.39 Å². The molecule has 6 heteroatoms. The Morgan fingerprint density at radius 2 is 1.95 bits per heavy atom. The van der Waals surface area contributed by atoms with E-state index in [2.05, 4.69) is 15.0 Å². The summed E-state index contributed by atoms with van der Waals surface area (Å²) < 4.78 is 15.5. The van der Waals surface area contributed by atoms with Gasteiger partial charge in [-0.15, -0.1) is 11.3 Å². The molecule has 0 bridgehead atoms. The second-order valence-electron chi connectivity index (χ2n) is 5.31. The summed E-state index contributed by atoms with van der Waals surface area (Å²) in [5.41, 5.74) is 2.95. The SMILES string of the molecule is CC(C)(C)n1c(F)cnc1-c1cnc2scnc2c1. The van der Waals surface area contributed by atoms with Crippen molar-refractivity contribution in [2.45, 2.75) is 26.3 Å². The highest BCUT2D eigenvalue weighted by Gasteiger charge is 2.23. The third kappa shape index (κ3) is 2.02. The Kier molecular flexibility index (Phi) is 2.63. The molecule has 0 fully saturated rings. The Hall–Kier alpha value is -1.82. The maximum absolute atomic E-state index is 13.9. The molecule has 3 aromatic heterocycles. The number of halogens is 1. The van der Waals surface area contributed by atoms with Crippen LogP contribution in [0.4, 0.5) is 4.39 Å². The van der Waals surface area contributed by atoms with E-state index in [1.54, 1.807) is 16.3 Å². The average Bonchev–Trinajstić information content (AvgIpc) is 2.92. The van der Waals surface area contributed by atoms with Gasteiger partial charge in [0, 0.05) is 17.3 Å². The van der Waals surface area contributed by atoms with Gasteiger partial charge in [-0.1, -0.05) is 0 Å². The van der Waals surface area contributed by atoms with Crippen molar-refractivity contribution in [1.29, 1.82) is 0 Å². The van der Waals surface area contributed by atoms with Crippen LogP contribution in [-0.2, 0) is 5.54 Å². The summed E-state index contributed by atoms with van der Waals surface area (Å²) in [5.74, 6) is 0.230. The van der Waals surface area contributed by atoms with Crippen LogP contribution in [0.15, 0.2) is 24.0 Å². The summed E-state index contributed by atoms with van der Waals surface area (Å²) in [6.07, 6.45) is 2.95. The molecule has 0 radical (unpaired) electrons. The third-order valence-electron chi connectivity index (χ3n) is 2.84. The second kappa shape index (κ2) is 4.09. The van der Waals surface area contributed by atoms with Crippen molar-refractivity contribution in [1.82, 2.24) is 19.5 Å². The summed E-state index contributed by atoms with van der Waals surface area (Å²) in [5, 5.41) is 0. The van der Waals surface area contributed by atoms with Crippen molar-refractivity contribution in [2.24, 2.45) is 0 Å². The third-order valence-corrected chi connectivity index (χ3v) is 3.58. The van der Waals surface area contributed by atoms with Crippen molar-refractivity contribution in [3.05, 3.63) is 29.9 Å². The van der Waals surface area contributed by atoms with Gasteiger partial charge in [-0.3, -0.25) is 4.57 Å². The van der Waals surface area contributed by atoms with Gasteiger partial charge in [0.1, 0.15) is 16.2 Å². The minimum Gasteiger partial charge on any atom is -0.296 e. The number of nitrogens with zero attached hydrogens (tertiary/aromatic N) is 4. The fourth-order valence-corrected chi connectivity index (χ4v) is 2.66. The lowest BCUT2D eigenvalue weighted by Gasteiger charge is -2.23. The molecule has 4 nitrogen and oxygen atoms in total. The first-order valence-corrected chi connectivity index (χ1v) is 6.78. The number of fused-ring (bicyclic) bond motifs is 1. The monoisotopic (exact) mass is 276 g/mol. The summed E-state index contributed by atoms with van der Waals surface area (Å²) in [6.45, 7) is 5.82. The number of pyridine rings is 1. The van der Waals surface area contributed by atoms with E-state index in [0.717, 1.165) is 15.9 Å². The van der Waals surface area contributed by atoms with E-state index in [-0.39, 0.29) is 11.5 Å². The van der Waals surface area contributed by atoms with Crippen molar-refractivity contribution in [2.75, 3.05) is 0 Å². The maximum Gasteiger partial charge on any atom is 0.214 e. The fraction of sp³-hybridized carbons (Fsp3) is 0.308. The van der Waals surface area contributed by atoms with Crippen molar-refractivity contribution in [3.63, 3.8) is 0 Å². The molecule has 0 aliphatic heterocycles. The van der Waals surface area contributed by atoms with Gasteiger partial charge in [-0.25, -0.2) is 15.0 Å². The Bertz CT molecular complexity index is 739. The van der Waals surface area contributed by atoms with Gasteiger partial charge in [0.15, 0.2) is 0 Å². The molecule has 0 atom stereocenters. The lowest BCUT2D eigenvalue weighted by atomic mass is 10.1. The average molecular weight is 276 g/mol. The maximum atomic E-state index is 13.9. The molecule has 0 aliphatic rings. The number of rotatable bonds is 1. The van der Waals surface area contributed by atoms with Crippen LogP contribution in [0.5, 0.6) is 0 Å². The molecular formula is C13H13FN4S. The number of hydrogen-bond acceptors (Lipinski definition) is 4. The van der Waals surface area contributed by atoms with Crippen LogP contribution in [0.2, 0.25) is 0 Å². The molecule has 0 spiro atoms. The summed E-state index contributed by atoms with van der Waals surface area (Å²) in [4.78, 5) is 13.6. The molecule has 3 aromatic rings. The molecule has 3 rings (SSSR count). The van der Waals surface area contributed by atoms with E-state index in [1.807, 2.05) is 26.8 Å². The smallest absolute Gasteiger partial charge is 0.214 e. The molecule has 0 N–H and O–H groups in total. The van der Waals surface area contributed by atoms with Crippen LogP contribution < -0.4 is 0 Å². The quantitative estimate of drug-likeness (QED) is 0.683. The molecule has 3 heterocycles. The van der Waals surface area contributed by atoms with Crippen LogP contribution in [0.25, 0.3) is 21.7 Å². The summed E-state index contributed by atoms with van der Waals surface area (Å²) in [6, 6.07) is 1.89. The van der Waals surface area contributed by atoms with Crippen molar-refractivity contribution >= 4 is 21.7 Å². The second-order valence-corrected chi connectivity index (χ2v) is 6.14. The van der Waals surface area contributed by atoms with Crippen molar-refractivity contribution in [3.8, 4) is 11.4 Å². The fourth-order valence-electron chi connectivity index (χ4n) is 2.05. The van der Waals surface area contributed by atoms with E-state index in [4.69, 9.17) is 0 Å². The highest BCUT2D eigenvalue weighted by atomic mass is 32.1. The molecule has 98 valence electrons. The van der Waals surface area contributed by atoms with E-state index >= 15 is 0 Å². The Labute approximate surface area is 114 Å².